The van der Waals surface area contributed by atoms with Gasteiger partial charge in [0.2, 0.25) is 0 Å². The Balaban J connectivity index is 1.70. The number of fused-ring (bicyclic) bond motifs is 1. The molecule has 0 aliphatic heterocycles. The average Bonchev–Trinajstić information content (AvgIpc) is 3.25. The van der Waals surface area contributed by atoms with E-state index >= 15 is 0 Å². The van der Waals surface area contributed by atoms with Gasteiger partial charge < -0.3 is 10.4 Å². The van der Waals surface area contributed by atoms with Gasteiger partial charge in [0.15, 0.2) is 5.65 Å². The molecule has 1 saturated carbocycles. The summed E-state index contributed by atoms with van der Waals surface area (Å²) in [6.07, 6.45) is 2.62. The largest absolute Gasteiger partial charge is 0.481 e. The van der Waals surface area contributed by atoms with E-state index in [1.54, 1.807) is 23.6 Å². The molecule has 1 amide bonds. The molecule has 0 spiro atoms. The zero-order chi connectivity index (χ0) is 19.1. The van der Waals surface area contributed by atoms with Gasteiger partial charge in [-0.25, -0.2) is 9.67 Å². The number of hydrogen-bond donors (Lipinski definition) is 2. The molecule has 3 aromatic rings. The minimum absolute atomic E-state index is 0.104. The van der Waals surface area contributed by atoms with Crippen LogP contribution in [0.3, 0.4) is 0 Å². The lowest BCUT2D eigenvalue weighted by Crippen LogP contribution is -2.46. The number of carboxylic acids is 1. The van der Waals surface area contributed by atoms with Gasteiger partial charge in [-0.2, -0.15) is 5.10 Å². The second kappa shape index (κ2) is 6.77. The molecule has 0 aromatic carbocycles. The van der Waals surface area contributed by atoms with Crippen molar-refractivity contribution in [1.82, 2.24) is 20.1 Å². The number of carbonyl (C=O) groups is 2. The number of thiophene rings is 1. The molecule has 2 N–H and O–H groups in total. The smallest absolute Gasteiger partial charge is 0.306 e. The van der Waals surface area contributed by atoms with Gasteiger partial charge in [0.1, 0.15) is 0 Å². The summed E-state index contributed by atoms with van der Waals surface area (Å²) < 4.78 is 1.81. The van der Waals surface area contributed by atoms with E-state index in [-0.39, 0.29) is 23.9 Å². The van der Waals surface area contributed by atoms with E-state index < -0.39 is 5.97 Å². The van der Waals surface area contributed by atoms with E-state index in [1.807, 2.05) is 36.0 Å². The third-order valence-electron chi connectivity index (χ3n) is 4.90. The summed E-state index contributed by atoms with van der Waals surface area (Å²) in [7, 11) is 0. The van der Waals surface area contributed by atoms with Gasteiger partial charge in [0.05, 0.1) is 33.6 Å². The molecule has 0 unspecified atom stereocenters. The lowest BCUT2D eigenvalue weighted by Gasteiger charge is -2.32. The molecule has 1 aliphatic rings. The first-order valence-electron chi connectivity index (χ1n) is 8.90. The predicted molar refractivity (Wildman–Crippen MR) is 103 cm³/mol. The van der Waals surface area contributed by atoms with E-state index in [4.69, 9.17) is 10.1 Å². The maximum Gasteiger partial charge on any atom is 0.306 e. The van der Waals surface area contributed by atoms with Crippen LogP contribution >= 0.6 is 11.3 Å². The van der Waals surface area contributed by atoms with Crippen molar-refractivity contribution in [2.24, 2.45) is 5.92 Å². The SMILES string of the molecule is CC(C)n1ncc2c(C(=O)NC3CC(C(=O)O)C3)cc(-c3cccs3)nc21. The predicted octanol–water partition coefficient (Wildman–Crippen LogP) is 3.33. The fourth-order valence-electron chi connectivity index (χ4n) is 3.33. The number of rotatable bonds is 5. The lowest BCUT2D eigenvalue weighted by atomic mass is 9.80. The quantitative estimate of drug-likeness (QED) is 0.703. The van der Waals surface area contributed by atoms with Crippen LogP contribution in [0.1, 0.15) is 43.1 Å². The number of amides is 1. The first-order valence-corrected chi connectivity index (χ1v) is 9.77. The van der Waals surface area contributed by atoms with Crippen LogP contribution in [0.2, 0.25) is 0 Å². The summed E-state index contributed by atoms with van der Waals surface area (Å²) in [6, 6.07) is 5.73. The van der Waals surface area contributed by atoms with Crippen LogP contribution < -0.4 is 5.32 Å². The van der Waals surface area contributed by atoms with Crippen molar-refractivity contribution >= 4 is 34.2 Å². The van der Waals surface area contributed by atoms with Crippen molar-refractivity contribution < 1.29 is 14.7 Å². The Morgan fingerprint density at radius 3 is 2.78 bits per heavy atom. The van der Waals surface area contributed by atoms with E-state index in [2.05, 4.69) is 10.4 Å². The van der Waals surface area contributed by atoms with Crippen molar-refractivity contribution in [3.05, 3.63) is 35.3 Å². The first-order chi connectivity index (χ1) is 12.9. The third-order valence-corrected chi connectivity index (χ3v) is 5.79. The van der Waals surface area contributed by atoms with E-state index in [1.165, 1.54) is 0 Å². The summed E-state index contributed by atoms with van der Waals surface area (Å²) in [5, 5.41) is 19.1. The average molecular weight is 384 g/mol. The van der Waals surface area contributed by atoms with Crippen LogP contribution in [0.4, 0.5) is 0 Å². The molecule has 0 bridgehead atoms. The van der Waals surface area contributed by atoms with Crippen molar-refractivity contribution in [2.45, 2.75) is 38.8 Å². The minimum Gasteiger partial charge on any atom is -0.481 e. The lowest BCUT2D eigenvalue weighted by molar-refractivity contribution is -0.145. The molecule has 3 aromatic heterocycles. The standard InChI is InChI=1S/C19H20N4O3S/c1-10(2)23-17-14(9-20-23)13(8-15(22-17)16-4-3-5-27-16)18(24)21-12-6-11(7-12)19(25)26/h3-5,8-12H,6-7H2,1-2H3,(H,21,24)(H,25,26). The third kappa shape index (κ3) is 3.21. The maximum absolute atomic E-state index is 12.9. The van der Waals surface area contributed by atoms with Crippen LogP contribution in [0.5, 0.6) is 0 Å². The normalized spacial score (nSPS) is 19.2. The number of nitrogens with zero attached hydrogens (tertiary/aromatic N) is 3. The molecule has 27 heavy (non-hydrogen) atoms. The number of aromatic nitrogens is 3. The second-order valence-electron chi connectivity index (χ2n) is 7.13. The molecule has 140 valence electrons. The Morgan fingerprint density at radius 1 is 1.37 bits per heavy atom. The summed E-state index contributed by atoms with van der Waals surface area (Å²) in [6.45, 7) is 4.04. The number of hydrogen-bond acceptors (Lipinski definition) is 5. The molecule has 1 fully saturated rings. The Labute approximate surface area is 160 Å². The zero-order valence-corrected chi connectivity index (χ0v) is 15.9. The van der Waals surface area contributed by atoms with Crippen molar-refractivity contribution in [1.29, 1.82) is 0 Å². The Hall–Kier alpha value is -2.74. The first kappa shape index (κ1) is 17.7. The Bertz CT molecular complexity index is 1000. The maximum atomic E-state index is 12.9. The summed E-state index contributed by atoms with van der Waals surface area (Å²) >= 11 is 1.57. The van der Waals surface area contributed by atoms with Gasteiger partial charge in [-0.15, -0.1) is 11.3 Å². The molecule has 4 rings (SSSR count). The number of carbonyl (C=O) groups excluding carboxylic acids is 1. The molecule has 7 nitrogen and oxygen atoms in total. The summed E-state index contributed by atoms with van der Waals surface area (Å²) in [5.41, 5.74) is 1.94. The van der Waals surface area contributed by atoms with Crippen molar-refractivity contribution in [3.63, 3.8) is 0 Å². The fraction of sp³-hybridized carbons (Fsp3) is 0.368. The summed E-state index contributed by atoms with van der Waals surface area (Å²) in [4.78, 5) is 29.6. The molecule has 0 atom stereocenters. The van der Waals surface area contributed by atoms with Crippen LogP contribution in [0.15, 0.2) is 29.8 Å². The number of aliphatic carboxylic acids is 1. The summed E-state index contributed by atoms with van der Waals surface area (Å²) in [5.74, 6) is -1.37. The van der Waals surface area contributed by atoms with E-state index in [0.717, 1.165) is 10.6 Å². The molecule has 8 heteroatoms. The van der Waals surface area contributed by atoms with Crippen LogP contribution in [0.25, 0.3) is 21.6 Å². The van der Waals surface area contributed by atoms with Gasteiger partial charge in [0, 0.05) is 12.1 Å². The zero-order valence-electron chi connectivity index (χ0n) is 15.0. The van der Waals surface area contributed by atoms with Crippen LogP contribution in [0, 0.1) is 5.92 Å². The van der Waals surface area contributed by atoms with Crippen LogP contribution in [-0.2, 0) is 4.79 Å². The molecular weight excluding hydrogens is 364 g/mol. The number of pyridine rings is 1. The van der Waals surface area contributed by atoms with E-state index in [0.29, 0.717) is 29.4 Å². The van der Waals surface area contributed by atoms with E-state index in [9.17, 15) is 9.59 Å². The highest BCUT2D eigenvalue weighted by atomic mass is 32.1. The molecule has 0 radical (unpaired) electrons. The van der Waals surface area contributed by atoms with Gasteiger partial charge in [-0.05, 0) is 44.2 Å². The Kier molecular flexibility index (Phi) is 4.43. The monoisotopic (exact) mass is 384 g/mol. The fourth-order valence-corrected chi connectivity index (χ4v) is 4.02. The van der Waals surface area contributed by atoms with Gasteiger partial charge in [0.25, 0.3) is 5.91 Å². The molecular formula is C19H20N4O3S. The molecule has 1 aliphatic carbocycles. The molecule has 3 heterocycles. The van der Waals surface area contributed by atoms with Crippen molar-refractivity contribution in [3.8, 4) is 10.6 Å². The van der Waals surface area contributed by atoms with Crippen LogP contribution in [-0.4, -0.2) is 37.8 Å². The van der Waals surface area contributed by atoms with Crippen molar-refractivity contribution in [2.75, 3.05) is 0 Å². The topological polar surface area (TPSA) is 97.1 Å². The second-order valence-corrected chi connectivity index (χ2v) is 8.08. The highest BCUT2D eigenvalue weighted by molar-refractivity contribution is 7.13. The molecule has 0 saturated heterocycles. The number of carboxylic acid groups (broad SMARTS) is 1. The minimum atomic E-state index is -0.801. The van der Waals surface area contributed by atoms with Gasteiger partial charge >= 0.3 is 5.97 Å². The van der Waals surface area contributed by atoms with Gasteiger partial charge in [-0.3, -0.25) is 9.59 Å². The van der Waals surface area contributed by atoms with Gasteiger partial charge in [-0.1, -0.05) is 6.07 Å². The highest BCUT2D eigenvalue weighted by Gasteiger charge is 2.35. The Morgan fingerprint density at radius 2 is 2.15 bits per heavy atom. The highest BCUT2D eigenvalue weighted by Crippen LogP contribution is 2.31. The number of nitrogens with one attached hydrogen (secondary N) is 1.